The first-order valence-corrected chi connectivity index (χ1v) is 4.59. The number of rotatable bonds is 4. The van der Waals surface area contributed by atoms with Crippen molar-refractivity contribution in [2.24, 2.45) is 0 Å². The molecule has 1 atom stereocenters. The molecule has 0 amide bonds. The van der Waals surface area contributed by atoms with Crippen molar-refractivity contribution in [2.75, 3.05) is 0 Å². The molecule has 0 saturated carbocycles. The van der Waals surface area contributed by atoms with Crippen LogP contribution in [0.4, 0.5) is 13.2 Å². The molecule has 0 aliphatic rings. The Bertz CT molecular complexity index is 386. The Morgan fingerprint density at radius 1 is 1.31 bits per heavy atom. The molecule has 0 aromatic heterocycles. The molecule has 0 unspecified atom stereocenters. The van der Waals surface area contributed by atoms with Gasteiger partial charge in [0.05, 0.1) is 5.56 Å². The van der Waals surface area contributed by atoms with Gasteiger partial charge in [-0.25, -0.2) is 13.2 Å². The Kier molecular flexibility index (Phi) is 3.89. The zero-order valence-corrected chi connectivity index (χ0v) is 8.30. The summed E-state index contributed by atoms with van der Waals surface area (Å²) in [4.78, 5) is 10.2. The van der Waals surface area contributed by atoms with Gasteiger partial charge in [0, 0.05) is 24.5 Å². The lowest BCUT2D eigenvalue weighted by atomic mass is 10.0. The maximum atomic E-state index is 13.2. The predicted molar refractivity (Wildman–Crippen MR) is 46.2 cm³/mol. The molecule has 1 rings (SSSR count). The van der Waals surface area contributed by atoms with E-state index < -0.39 is 35.0 Å². The molecule has 6 heteroatoms. The molecule has 0 saturated heterocycles. The number of carbonyl (C=O) groups is 1. The molecular weight excluding hydrogens is 223 g/mol. The Labute approximate surface area is 89.7 Å². The van der Waals surface area contributed by atoms with Crippen LogP contribution in [0.25, 0.3) is 0 Å². The summed E-state index contributed by atoms with van der Waals surface area (Å²) in [7, 11) is 0. The van der Waals surface area contributed by atoms with Crippen LogP contribution in [0.3, 0.4) is 0 Å². The Morgan fingerprint density at radius 2 is 1.81 bits per heavy atom. The summed E-state index contributed by atoms with van der Waals surface area (Å²) in [6.45, 7) is 0. The first-order chi connectivity index (χ1) is 7.41. The van der Waals surface area contributed by atoms with Crippen LogP contribution in [0.2, 0.25) is 0 Å². The molecule has 0 bridgehead atoms. The van der Waals surface area contributed by atoms with Crippen LogP contribution in [0.15, 0.2) is 12.1 Å². The van der Waals surface area contributed by atoms with E-state index in [0.29, 0.717) is 12.1 Å². The van der Waals surface area contributed by atoms with Crippen LogP contribution in [-0.4, -0.2) is 5.97 Å². The lowest BCUT2D eigenvalue weighted by Crippen LogP contribution is -2.54. The fourth-order valence-corrected chi connectivity index (χ4v) is 1.38. The van der Waals surface area contributed by atoms with E-state index >= 15 is 0 Å². The van der Waals surface area contributed by atoms with E-state index in [0.717, 1.165) is 0 Å². The normalized spacial score (nSPS) is 12.5. The van der Waals surface area contributed by atoms with Crippen LogP contribution < -0.4 is 10.8 Å². The molecule has 0 spiro atoms. The zero-order chi connectivity index (χ0) is 12.3. The summed E-state index contributed by atoms with van der Waals surface area (Å²) in [5.74, 6) is -4.46. The molecule has 0 radical (unpaired) electrons. The highest BCUT2D eigenvalue weighted by Crippen LogP contribution is 2.22. The van der Waals surface area contributed by atoms with Crippen molar-refractivity contribution >= 4 is 5.97 Å². The number of halogens is 3. The van der Waals surface area contributed by atoms with Crippen LogP contribution in [-0.2, 0) is 4.79 Å². The van der Waals surface area contributed by atoms with Gasteiger partial charge < -0.3 is 15.6 Å². The van der Waals surface area contributed by atoms with Gasteiger partial charge in [0.2, 0.25) is 0 Å². The zero-order valence-electron chi connectivity index (χ0n) is 8.30. The molecule has 1 aromatic carbocycles. The summed E-state index contributed by atoms with van der Waals surface area (Å²) in [5.41, 5.74) is 3.04. The van der Waals surface area contributed by atoms with Gasteiger partial charge in [-0.1, -0.05) is 0 Å². The fourth-order valence-electron chi connectivity index (χ4n) is 1.38. The second-order valence-corrected chi connectivity index (χ2v) is 3.39. The maximum Gasteiger partial charge on any atom is 0.138 e. The molecule has 1 aromatic rings. The SMILES string of the molecule is [NH3+][C@@H](CCC(=O)[O-])c1c(F)cc(F)cc1F. The number of quaternary nitrogens is 1. The number of benzene rings is 1. The van der Waals surface area contributed by atoms with Crippen molar-refractivity contribution in [3.63, 3.8) is 0 Å². The largest absolute Gasteiger partial charge is 0.550 e. The van der Waals surface area contributed by atoms with E-state index in [2.05, 4.69) is 5.73 Å². The highest BCUT2D eigenvalue weighted by Gasteiger charge is 2.20. The summed E-state index contributed by atoms with van der Waals surface area (Å²) in [5, 5.41) is 10.2. The molecule has 16 heavy (non-hydrogen) atoms. The van der Waals surface area contributed by atoms with E-state index in [4.69, 9.17) is 0 Å². The highest BCUT2D eigenvalue weighted by molar-refractivity contribution is 5.64. The number of aliphatic carboxylic acids is 1. The van der Waals surface area contributed by atoms with E-state index in [1.54, 1.807) is 0 Å². The van der Waals surface area contributed by atoms with Crippen molar-refractivity contribution in [3.05, 3.63) is 35.1 Å². The number of carboxylic acids is 1. The van der Waals surface area contributed by atoms with Crippen LogP contribution >= 0.6 is 0 Å². The third-order valence-electron chi connectivity index (χ3n) is 2.15. The topological polar surface area (TPSA) is 67.8 Å². The Hall–Kier alpha value is -1.56. The van der Waals surface area contributed by atoms with Crippen molar-refractivity contribution in [2.45, 2.75) is 18.9 Å². The molecule has 0 aliphatic carbocycles. The Morgan fingerprint density at radius 3 is 2.25 bits per heavy atom. The lowest BCUT2D eigenvalue weighted by molar-refractivity contribution is -0.430. The molecule has 0 heterocycles. The maximum absolute atomic E-state index is 13.2. The smallest absolute Gasteiger partial charge is 0.138 e. The van der Waals surface area contributed by atoms with Crippen molar-refractivity contribution < 1.29 is 28.8 Å². The van der Waals surface area contributed by atoms with Crippen LogP contribution in [0.5, 0.6) is 0 Å². The van der Waals surface area contributed by atoms with Crippen LogP contribution in [0, 0.1) is 17.5 Å². The minimum atomic E-state index is -1.32. The van der Waals surface area contributed by atoms with Gasteiger partial charge in [0.15, 0.2) is 0 Å². The van der Waals surface area contributed by atoms with Gasteiger partial charge >= 0.3 is 0 Å². The summed E-state index contributed by atoms with van der Waals surface area (Å²) in [6, 6.07) is 0.184. The van der Waals surface area contributed by atoms with Crippen molar-refractivity contribution in [1.82, 2.24) is 0 Å². The standard InChI is InChI=1S/C10H10F3NO2/c11-5-3-6(12)10(7(13)4-5)8(14)1-2-9(15)16/h3-4,8H,1-2,14H2,(H,15,16)/t8-/m0/s1. The van der Waals surface area contributed by atoms with Gasteiger partial charge in [0.1, 0.15) is 23.5 Å². The fraction of sp³-hybridized carbons (Fsp3) is 0.300. The summed E-state index contributed by atoms with van der Waals surface area (Å²) >= 11 is 0. The van der Waals surface area contributed by atoms with Gasteiger partial charge in [-0.2, -0.15) is 0 Å². The molecule has 0 aliphatic heterocycles. The van der Waals surface area contributed by atoms with Gasteiger partial charge in [-0.05, 0) is 6.42 Å². The number of carboxylic acid groups (broad SMARTS) is 1. The van der Waals surface area contributed by atoms with E-state index in [1.165, 1.54) is 0 Å². The average Bonchev–Trinajstić information content (AvgIpc) is 2.12. The first-order valence-electron chi connectivity index (χ1n) is 4.59. The van der Waals surface area contributed by atoms with Crippen LogP contribution in [0.1, 0.15) is 24.4 Å². The monoisotopic (exact) mass is 233 g/mol. The van der Waals surface area contributed by atoms with Crippen molar-refractivity contribution in [1.29, 1.82) is 0 Å². The first kappa shape index (κ1) is 12.5. The summed E-state index contributed by atoms with van der Waals surface area (Å²) in [6.07, 6.45) is -0.424. The van der Waals surface area contributed by atoms with Gasteiger partial charge in [-0.15, -0.1) is 0 Å². The minimum absolute atomic E-state index is 0.0677. The highest BCUT2D eigenvalue weighted by atomic mass is 19.1. The van der Waals surface area contributed by atoms with Crippen molar-refractivity contribution in [3.8, 4) is 0 Å². The molecule has 3 nitrogen and oxygen atoms in total. The average molecular weight is 233 g/mol. The molecule has 0 fully saturated rings. The molecular formula is C10H10F3NO2. The van der Waals surface area contributed by atoms with Gasteiger partial charge in [0.25, 0.3) is 0 Å². The van der Waals surface area contributed by atoms with Gasteiger partial charge in [-0.3, -0.25) is 0 Å². The predicted octanol–water partition coefficient (Wildman–Crippen LogP) is -0.0830. The molecule has 88 valence electrons. The quantitative estimate of drug-likeness (QED) is 0.790. The second-order valence-electron chi connectivity index (χ2n) is 3.39. The number of hydrogen-bond acceptors (Lipinski definition) is 2. The minimum Gasteiger partial charge on any atom is -0.550 e. The van der Waals surface area contributed by atoms with E-state index in [9.17, 15) is 23.1 Å². The van der Waals surface area contributed by atoms with E-state index in [-0.39, 0.29) is 12.8 Å². The Balaban J connectivity index is 2.90. The van der Waals surface area contributed by atoms with E-state index in [1.807, 2.05) is 0 Å². The number of hydrogen-bond donors (Lipinski definition) is 1. The third-order valence-corrected chi connectivity index (χ3v) is 2.15. The second kappa shape index (κ2) is 4.98. The third kappa shape index (κ3) is 2.96. The lowest BCUT2D eigenvalue weighted by Gasteiger charge is -2.11. The number of carbonyl (C=O) groups excluding carboxylic acids is 1. The molecule has 3 N–H and O–H groups in total. The summed E-state index contributed by atoms with van der Waals surface area (Å²) < 4.78 is 39.0.